The van der Waals surface area contributed by atoms with E-state index in [0.717, 1.165) is 36.4 Å². The number of nitrogens with one attached hydrogen (secondary N) is 2. The molecule has 0 radical (unpaired) electrons. The molecule has 1 aromatic heterocycles. The lowest BCUT2D eigenvalue weighted by Crippen LogP contribution is -2.37. The van der Waals surface area contributed by atoms with Crippen molar-refractivity contribution in [2.75, 3.05) is 5.32 Å². The van der Waals surface area contributed by atoms with Crippen LogP contribution in [0.25, 0.3) is 0 Å². The van der Waals surface area contributed by atoms with Crippen LogP contribution in [0, 0.1) is 0 Å². The van der Waals surface area contributed by atoms with Crippen molar-refractivity contribution in [1.29, 1.82) is 0 Å². The molecule has 0 saturated heterocycles. The summed E-state index contributed by atoms with van der Waals surface area (Å²) in [5.74, 6) is -1.09. The maximum Gasteiger partial charge on any atom is 0.391 e. The van der Waals surface area contributed by atoms with Crippen LogP contribution < -0.4 is 10.6 Å². The number of anilines is 1. The van der Waals surface area contributed by atoms with Crippen LogP contribution in [0.4, 0.5) is 19.3 Å². The van der Waals surface area contributed by atoms with Crippen LogP contribution in [0.3, 0.4) is 0 Å². The van der Waals surface area contributed by atoms with Crippen LogP contribution in [-0.4, -0.2) is 30.6 Å². The third kappa shape index (κ3) is 3.97. The Kier molecular flexibility index (Phi) is 6.00. The summed E-state index contributed by atoms with van der Waals surface area (Å²) in [6.07, 6.45) is 4.48. The molecular weight excluding hydrogens is 440 g/mol. The average Bonchev–Trinajstić information content (AvgIpc) is 3.09. The van der Waals surface area contributed by atoms with Crippen LogP contribution in [0.5, 0.6) is 5.75 Å². The number of carbonyl (C=O) groups is 1. The van der Waals surface area contributed by atoms with Gasteiger partial charge >= 0.3 is 11.3 Å². The zero-order valence-electron chi connectivity index (χ0n) is 15.7. The standard InChI is InChI=1S/C19H18ClF2N3O4S/c1-11-5-4-6-13(11)24-18(27)25-14-9-8-12(20)17(16(14)26)30(28,29)19(21,22)15-7-2-3-10-23-15/h2-3,5,7-10,13,26H,4,6H2,1H3,(H2,24,25,27)/t13-/m1/s1. The quantitative estimate of drug-likeness (QED) is 0.460. The molecule has 0 aliphatic heterocycles. The topological polar surface area (TPSA) is 108 Å². The number of benzene rings is 1. The van der Waals surface area contributed by atoms with Gasteiger partial charge in [-0.3, -0.25) is 4.98 Å². The second-order valence-corrected chi connectivity index (χ2v) is 9.02. The monoisotopic (exact) mass is 457 g/mol. The zero-order valence-corrected chi connectivity index (χ0v) is 17.3. The molecule has 160 valence electrons. The summed E-state index contributed by atoms with van der Waals surface area (Å²) < 4.78 is 54.9. The van der Waals surface area contributed by atoms with Gasteiger partial charge in [-0.05, 0) is 44.0 Å². The molecule has 2 amide bonds. The summed E-state index contributed by atoms with van der Waals surface area (Å²) in [6.45, 7) is 1.85. The molecule has 1 aliphatic rings. The Morgan fingerprint density at radius 1 is 1.30 bits per heavy atom. The molecule has 11 heteroatoms. The first-order valence-electron chi connectivity index (χ1n) is 8.85. The minimum Gasteiger partial charge on any atom is -0.504 e. The molecule has 0 fully saturated rings. The second kappa shape index (κ2) is 8.19. The highest BCUT2D eigenvalue weighted by atomic mass is 35.5. The number of phenolic OH excluding ortho intramolecular Hbond substituents is 1. The number of aromatic nitrogens is 1. The van der Waals surface area contributed by atoms with Gasteiger partial charge in [0, 0.05) is 6.20 Å². The number of carbonyl (C=O) groups excluding carboxylic acids is 1. The maximum absolute atomic E-state index is 14.8. The van der Waals surface area contributed by atoms with Crippen molar-refractivity contribution in [3.63, 3.8) is 0 Å². The highest BCUT2D eigenvalue weighted by Gasteiger charge is 2.51. The SMILES string of the molecule is CC1=CCC[C@H]1NC(=O)Nc1ccc(Cl)c(S(=O)(=O)C(F)(F)c2ccccn2)c1O. The molecule has 2 aromatic rings. The minimum absolute atomic E-state index is 0.212. The second-order valence-electron chi connectivity index (χ2n) is 6.68. The molecule has 1 heterocycles. The number of nitrogens with zero attached hydrogens (tertiary/aromatic N) is 1. The lowest BCUT2D eigenvalue weighted by Gasteiger charge is -2.20. The van der Waals surface area contributed by atoms with Crippen LogP contribution in [0.2, 0.25) is 5.02 Å². The van der Waals surface area contributed by atoms with Gasteiger partial charge in [-0.1, -0.05) is 29.3 Å². The zero-order chi connectivity index (χ0) is 22.1. The Bertz CT molecular complexity index is 1110. The molecule has 3 rings (SSSR count). The molecule has 0 saturated carbocycles. The van der Waals surface area contributed by atoms with Crippen LogP contribution in [0.1, 0.15) is 25.5 Å². The fourth-order valence-electron chi connectivity index (χ4n) is 3.05. The molecule has 30 heavy (non-hydrogen) atoms. The van der Waals surface area contributed by atoms with Gasteiger partial charge in [0.2, 0.25) is 0 Å². The summed E-state index contributed by atoms with van der Waals surface area (Å²) in [5, 5.41) is 10.3. The number of amides is 2. The van der Waals surface area contributed by atoms with Crippen molar-refractivity contribution < 1.29 is 27.1 Å². The van der Waals surface area contributed by atoms with Crippen molar-refractivity contribution in [2.24, 2.45) is 0 Å². The van der Waals surface area contributed by atoms with Gasteiger partial charge in [-0.25, -0.2) is 13.2 Å². The van der Waals surface area contributed by atoms with E-state index in [1.807, 2.05) is 13.0 Å². The first-order valence-corrected chi connectivity index (χ1v) is 10.7. The van der Waals surface area contributed by atoms with Crippen molar-refractivity contribution in [1.82, 2.24) is 10.3 Å². The van der Waals surface area contributed by atoms with Gasteiger partial charge < -0.3 is 15.7 Å². The van der Waals surface area contributed by atoms with Gasteiger partial charge in [0.05, 0.1) is 16.8 Å². The smallest absolute Gasteiger partial charge is 0.391 e. The summed E-state index contributed by atoms with van der Waals surface area (Å²) >= 11 is 5.84. The van der Waals surface area contributed by atoms with Crippen molar-refractivity contribution in [2.45, 2.75) is 36.0 Å². The van der Waals surface area contributed by atoms with E-state index in [-0.39, 0.29) is 11.7 Å². The van der Waals surface area contributed by atoms with Crippen molar-refractivity contribution >= 4 is 33.2 Å². The number of phenols is 1. The van der Waals surface area contributed by atoms with Crippen LogP contribution in [-0.2, 0) is 15.1 Å². The van der Waals surface area contributed by atoms with Gasteiger partial charge in [0.1, 0.15) is 10.6 Å². The van der Waals surface area contributed by atoms with Gasteiger partial charge in [-0.15, -0.1) is 0 Å². The Hall–Kier alpha value is -2.72. The number of rotatable bonds is 5. The van der Waals surface area contributed by atoms with E-state index in [2.05, 4.69) is 15.6 Å². The average molecular weight is 458 g/mol. The van der Waals surface area contributed by atoms with E-state index < -0.39 is 42.5 Å². The Balaban J connectivity index is 1.94. The third-order valence-corrected chi connectivity index (χ3v) is 6.94. The normalized spacial score (nSPS) is 16.8. The Labute approximate surface area is 176 Å². The Morgan fingerprint density at radius 2 is 2.03 bits per heavy atom. The molecule has 0 bridgehead atoms. The molecule has 1 atom stereocenters. The van der Waals surface area contributed by atoms with Gasteiger partial charge in [0.25, 0.3) is 9.84 Å². The minimum atomic E-state index is -5.50. The number of halogens is 3. The van der Waals surface area contributed by atoms with E-state index >= 15 is 0 Å². The maximum atomic E-state index is 14.8. The molecule has 7 nitrogen and oxygen atoms in total. The molecule has 0 unspecified atom stereocenters. The Morgan fingerprint density at radius 3 is 2.63 bits per heavy atom. The van der Waals surface area contributed by atoms with E-state index in [9.17, 15) is 27.1 Å². The van der Waals surface area contributed by atoms with Crippen molar-refractivity contribution in [3.8, 4) is 5.75 Å². The predicted molar refractivity (Wildman–Crippen MR) is 107 cm³/mol. The number of hydrogen-bond acceptors (Lipinski definition) is 5. The summed E-state index contributed by atoms with van der Waals surface area (Å²) in [6, 6.07) is 4.57. The highest BCUT2D eigenvalue weighted by Crippen LogP contribution is 2.45. The molecule has 1 aliphatic carbocycles. The number of urea groups is 1. The third-order valence-electron chi connectivity index (χ3n) is 4.68. The van der Waals surface area contributed by atoms with E-state index in [0.29, 0.717) is 6.42 Å². The number of sulfone groups is 1. The summed E-state index contributed by atoms with van der Waals surface area (Å²) in [7, 11) is -5.50. The van der Waals surface area contributed by atoms with Gasteiger partial charge in [0.15, 0.2) is 5.75 Å². The van der Waals surface area contributed by atoms with Crippen LogP contribution in [0.15, 0.2) is 53.1 Å². The predicted octanol–water partition coefficient (Wildman–Crippen LogP) is 4.19. The number of hydrogen-bond donors (Lipinski definition) is 3. The van der Waals surface area contributed by atoms with E-state index in [1.165, 1.54) is 12.1 Å². The lowest BCUT2D eigenvalue weighted by molar-refractivity contribution is 0.0854. The van der Waals surface area contributed by atoms with E-state index in [1.54, 1.807) is 0 Å². The number of allylic oxidation sites excluding steroid dienone is 1. The fraction of sp³-hybridized carbons (Fsp3) is 0.263. The number of aromatic hydroxyl groups is 1. The van der Waals surface area contributed by atoms with E-state index in [4.69, 9.17) is 11.6 Å². The summed E-state index contributed by atoms with van der Waals surface area (Å²) in [4.78, 5) is 14.4. The largest absolute Gasteiger partial charge is 0.504 e. The number of pyridine rings is 1. The molecular formula is C19H18ClF2N3O4S. The number of alkyl halides is 2. The first kappa shape index (κ1) is 22.0. The van der Waals surface area contributed by atoms with Crippen LogP contribution >= 0.6 is 11.6 Å². The lowest BCUT2D eigenvalue weighted by atomic mass is 10.2. The summed E-state index contributed by atoms with van der Waals surface area (Å²) in [5.41, 5.74) is -0.448. The molecule has 3 N–H and O–H groups in total. The fourth-order valence-corrected chi connectivity index (χ4v) is 4.85. The first-order chi connectivity index (χ1) is 14.1. The highest BCUT2D eigenvalue weighted by molar-refractivity contribution is 7.92. The van der Waals surface area contributed by atoms with Gasteiger partial charge in [-0.2, -0.15) is 8.78 Å². The van der Waals surface area contributed by atoms with Crippen molar-refractivity contribution in [3.05, 3.63) is 58.9 Å². The molecule has 0 spiro atoms. The molecule has 1 aromatic carbocycles.